The summed E-state index contributed by atoms with van der Waals surface area (Å²) >= 11 is 6.58. The Morgan fingerprint density at radius 2 is 1.81 bits per heavy atom. The van der Waals surface area contributed by atoms with Crippen LogP contribution >= 0.6 is 11.6 Å². The van der Waals surface area contributed by atoms with Crippen molar-refractivity contribution in [3.05, 3.63) is 76.1 Å². The first-order valence-corrected chi connectivity index (χ1v) is 19.8. The molecular weight excluding hydrogens is 798 g/mol. The molecule has 6 rings (SSSR count). The zero-order chi connectivity index (χ0) is 41.8. The number of hydrogen-bond acceptors (Lipinski definition) is 8. The molecule has 2 aromatic carbocycles. The number of nitrogens with zero attached hydrogens (tertiary/aromatic N) is 4. The average Bonchev–Trinajstić information content (AvgIpc) is 3.46. The Balaban J connectivity index is 1.50. The van der Waals surface area contributed by atoms with Crippen molar-refractivity contribution < 1.29 is 39.6 Å². The minimum atomic E-state index is -3.82. The number of anilines is 1. The van der Waals surface area contributed by atoms with Crippen LogP contribution < -0.4 is 15.8 Å². The summed E-state index contributed by atoms with van der Waals surface area (Å²) < 4.78 is 116. The van der Waals surface area contributed by atoms with E-state index in [1.54, 1.807) is 32.0 Å². The van der Waals surface area contributed by atoms with Gasteiger partial charge in [0.05, 0.1) is 50.9 Å². The Kier molecular flexibility index (Phi) is 11.3. The van der Waals surface area contributed by atoms with Gasteiger partial charge in [-0.25, -0.2) is 31.0 Å². The van der Waals surface area contributed by atoms with E-state index in [1.165, 1.54) is 17.8 Å². The molecule has 4 aromatic rings. The minimum absolute atomic E-state index is 0.0532. The van der Waals surface area contributed by atoms with Gasteiger partial charge >= 0.3 is 0 Å². The smallest absolute Gasteiger partial charge is 0.289 e. The number of aliphatic imine (C=N–C) groups is 1. The maximum absolute atomic E-state index is 15.5. The van der Waals surface area contributed by atoms with Crippen LogP contribution in [0.2, 0.25) is 5.02 Å². The van der Waals surface area contributed by atoms with Gasteiger partial charge < -0.3 is 16.5 Å². The zero-order valence-corrected chi connectivity index (χ0v) is 32.5. The summed E-state index contributed by atoms with van der Waals surface area (Å²) in [6.07, 6.45) is -2.44. The molecule has 0 saturated heterocycles. The van der Waals surface area contributed by atoms with Gasteiger partial charge in [0, 0.05) is 36.1 Å². The summed E-state index contributed by atoms with van der Waals surface area (Å²) in [6.45, 7) is 2.34. The first kappa shape index (κ1) is 41.6. The van der Waals surface area contributed by atoms with Crippen molar-refractivity contribution >= 4 is 55.7 Å². The van der Waals surface area contributed by atoms with Crippen LogP contribution in [0.3, 0.4) is 0 Å². The van der Waals surface area contributed by atoms with Crippen LogP contribution in [0.4, 0.5) is 32.2 Å². The maximum Gasteiger partial charge on any atom is 0.289 e. The highest BCUT2D eigenvalue weighted by Gasteiger charge is 2.65. The molecule has 19 heteroatoms. The number of alkyl halides is 4. The third kappa shape index (κ3) is 8.80. The Labute approximate surface area is 329 Å². The summed E-state index contributed by atoms with van der Waals surface area (Å²) in [6, 6.07) is 7.64. The summed E-state index contributed by atoms with van der Waals surface area (Å²) in [4.78, 5) is 22.4. The van der Waals surface area contributed by atoms with E-state index < -0.39 is 87.2 Å². The fraction of sp³-hybridized carbons (Fsp3) is 0.395. The molecule has 302 valence electrons. The first-order valence-electron chi connectivity index (χ1n) is 17.5. The maximum atomic E-state index is 15.5. The van der Waals surface area contributed by atoms with Gasteiger partial charge in [0.2, 0.25) is 15.9 Å². The SMILES string of the molecule is Cn1nc(NS(C)(=O)=O)c2c(Cl)ccc(-c3ccc(C#CC(C)(C)N)nc3C(Cc3cc(F)cc(F)c3)NC(=O)CN=C3C(C(=N)C(F)F)C4CCC4C3(F)F)c21. The van der Waals surface area contributed by atoms with Gasteiger partial charge in [-0.1, -0.05) is 23.6 Å². The van der Waals surface area contributed by atoms with E-state index in [1.807, 2.05) is 0 Å². The molecule has 4 unspecified atom stereocenters. The van der Waals surface area contributed by atoms with Crippen molar-refractivity contribution in [2.45, 2.75) is 57.0 Å². The van der Waals surface area contributed by atoms with Crippen LogP contribution in [0.5, 0.6) is 0 Å². The van der Waals surface area contributed by atoms with Gasteiger partial charge in [0.15, 0.2) is 5.82 Å². The molecule has 0 spiro atoms. The molecule has 2 saturated carbocycles. The van der Waals surface area contributed by atoms with E-state index in [9.17, 15) is 30.8 Å². The van der Waals surface area contributed by atoms with Crippen LogP contribution in [0, 0.1) is 46.6 Å². The highest BCUT2D eigenvalue weighted by Crippen LogP contribution is 2.57. The Morgan fingerprint density at radius 3 is 2.40 bits per heavy atom. The van der Waals surface area contributed by atoms with Gasteiger partial charge in [-0.3, -0.25) is 19.2 Å². The number of amides is 1. The Bertz CT molecular complexity index is 2470. The van der Waals surface area contributed by atoms with Crippen LogP contribution in [-0.4, -0.2) is 71.2 Å². The summed E-state index contributed by atoms with van der Waals surface area (Å²) in [5, 5.41) is 15.2. The lowest BCUT2D eigenvalue weighted by Crippen LogP contribution is -2.37. The third-order valence-corrected chi connectivity index (χ3v) is 10.7. The first-order chi connectivity index (χ1) is 26.5. The molecule has 5 N–H and O–H groups in total. The molecular formula is C38H37ClF6N8O3S. The second-order valence-electron chi connectivity index (χ2n) is 14.8. The van der Waals surface area contributed by atoms with Gasteiger partial charge in [0.1, 0.15) is 23.9 Å². The van der Waals surface area contributed by atoms with Crippen molar-refractivity contribution in [3.63, 3.8) is 0 Å². The summed E-state index contributed by atoms with van der Waals surface area (Å²) in [5.41, 5.74) is 4.22. The summed E-state index contributed by atoms with van der Waals surface area (Å²) in [7, 11) is -2.29. The quantitative estimate of drug-likeness (QED) is 0.0771. The third-order valence-electron chi connectivity index (χ3n) is 9.80. The average molecular weight is 835 g/mol. The second-order valence-corrected chi connectivity index (χ2v) is 16.9. The zero-order valence-electron chi connectivity index (χ0n) is 30.9. The number of pyridine rings is 1. The van der Waals surface area contributed by atoms with E-state index in [2.05, 4.69) is 32.0 Å². The number of carbonyl (C=O) groups excluding carboxylic acids is 1. The highest BCUT2D eigenvalue weighted by atomic mass is 35.5. The van der Waals surface area contributed by atoms with Gasteiger partial charge in [-0.15, -0.1) is 0 Å². The predicted octanol–water partition coefficient (Wildman–Crippen LogP) is 6.44. The fourth-order valence-corrected chi connectivity index (χ4v) is 8.11. The van der Waals surface area contributed by atoms with Gasteiger partial charge in [-0.05, 0) is 80.8 Å². The predicted molar refractivity (Wildman–Crippen MR) is 204 cm³/mol. The molecule has 0 radical (unpaired) electrons. The van der Waals surface area contributed by atoms with Crippen molar-refractivity contribution in [2.75, 3.05) is 17.5 Å². The largest absolute Gasteiger partial charge is 0.346 e. The number of nitrogens with two attached hydrogens (primary N) is 1. The normalized spacial score (nSPS) is 20.2. The minimum Gasteiger partial charge on any atom is -0.346 e. The van der Waals surface area contributed by atoms with E-state index in [-0.39, 0.29) is 52.4 Å². The fourth-order valence-electron chi connectivity index (χ4n) is 7.38. The molecule has 2 aliphatic rings. The monoisotopic (exact) mass is 834 g/mol. The number of aryl methyl sites for hydroxylation is 1. The number of aromatic nitrogens is 3. The molecule has 2 aromatic heterocycles. The van der Waals surface area contributed by atoms with E-state index in [0.29, 0.717) is 22.7 Å². The van der Waals surface area contributed by atoms with Crippen LogP contribution in [-0.2, 0) is 28.3 Å². The number of halogens is 7. The molecule has 57 heavy (non-hydrogen) atoms. The van der Waals surface area contributed by atoms with E-state index in [4.69, 9.17) is 27.7 Å². The summed E-state index contributed by atoms with van der Waals surface area (Å²) in [5.74, 6) is -4.65. The van der Waals surface area contributed by atoms with E-state index >= 15 is 8.78 Å². The second kappa shape index (κ2) is 15.4. The number of nitrogens with one attached hydrogen (secondary N) is 3. The van der Waals surface area contributed by atoms with Crippen LogP contribution in [0.1, 0.15) is 49.7 Å². The number of sulfonamides is 1. The van der Waals surface area contributed by atoms with Crippen molar-refractivity contribution in [1.29, 1.82) is 5.41 Å². The number of rotatable bonds is 11. The molecule has 4 atom stereocenters. The molecule has 2 heterocycles. The topological polar surface area (TPSA) is 168 Å². The van der Waals surface area contributed by atoms with E-state index in [0.717, 1.165) is 18.4 Å². The van der Waals surface area contributed by atoms with Gasteiger partial charge in [-0.2, -0.15) is 13.9 Å². The van der Waals surface area contributed by atoms with Crippen molar-refractivity contribution in [2.24, 2.45) is 35.5 Å². The van der Waals surface area contributed by atoms with Crippen LogP contribution in [0.25, 0.3) is 22.0 Å². The lowest BCUT2D eigenvalue weighted by Gasteiger charge is -2.34. The molecule has 2 aliphatic carbocycles. The molecule has 1 amide bonds. The van der Waals surface area contributed by atoms with Gasteiger partial charge in [0.25, 0.3) is 12.3 Å². The van der Waals surface area contributed by atoms with Crippen molar-refractivity contribution in [3.8, 4) is 23.0 Å². The lowest BCUT2D eigenvalue weighted by molar-refractivity contribution is -0.120. The number of benzene rings is 2. The van der Waals surface area contributed by atoms with Crippen molar-refractivity contribution in [1.82, 2.24) is 20.1 Å². The number of fused-ring (bicyclic) bond motifs is 2. The Hall–Kier alpha value is -4.99. The standard InChI is InChI=1S/C38H37ClF6N8O3S/c1-37(2,47)12-11-21-5-6-22(23-8-10-26(39)30-33(23)53(3)51-36(30)52-57(4,55)56)32(49-21)27(15-18-13-19(40)16-20(41)14-18)50-28(54)17-48-34-29(31(46)35(42)43)24-7-9-25(24)38(34,44)45/h5-6,8,10,13-14,16,24-25,27,29,35,46H,7,9,15,17,47H2,1-4H3,(H,50,54)(H,51,52). The molecule has 11 nitrogen and oxygen atoms in total. The molecule has 2 fully saturated rings. The molecule has 0 bridgehead atoms. The molecule has 0 aliphatic heterocycles. The van der Waals surface area contributed by atoms with Crippen LogP contribution in [0.15, 0.2) is 47.5 Å². The number of hydrogen-bond donors (Lipinski definition) is 4. The number of carbonyl (C=O) groups is 1. The Morgan fingerprint density at radius 1 is 1.14 bits per heavy atom. The lowest BCUT2D eigenvalue weighted by atomic mass is 9.71. The highest BCUT2D eigenvalue weighted by molar-refractivity contribution is 7.92.